The molecule has 1 aromatic heterocycles. The summed E-state index contributed by atoms with van der Waals surface area (Å²) in [6.07, 6.45) is 0. The molecule has 1 heterocycles. The summed E-state index contributed by atoms with van der Waals surface area (Å²) in [5.41, 5.74) is 6.46. The number of hydrogen-bond acceptors (Lipinski definition) is 4. The molecular formula is C10H15N3O2S. The standard InChI is InChI=1S/C10H15N3O2S/c1-6-7(16-5-11-6)8(14)12-13-9(15)10(2,3)4/h5H,1-4H3,(H,12,14)(H,13,15). The van der Waals surface area contributed by atoms with E-state index in [0.717, 1.165) is 0 Å². The summed E-state index contributed by atoms with van der Waals surface area (Å²) >= 11 is 1.24. The van der Waals surface area contributed by atoms with E-state index in [1.54, 1.807) is 33.2 Å². The highest BCUT2D eigenvalue weighted by atomic mass is 32.1. The molecule has 5 nitrogen and oxygen atoms in total. The highest BCUT2D eigenvalue weighted by Crippen LogP contribution is 2.13. The average molecular weight is 241 g/mol. The van der Waals surface area contributed by atoms with Crippen LogP contribution in [0.2, 0.25) is 0 Å². The lowest BCUT2D eigenvalue weighted by molar-refractivity contribution is -0.129. The summed E-state index contributed by atoms with van der Waals surface area (Å²) in [5.74, 6) is -0.569. The molecule has 1 aromatic rings. The molecule has 0 atom stereocenters. The van der Waals surface area contributed by atoms with E-state index in [-0.39, 0.29) is 11.8 Å². The van der Waals surface area contributed by atoms with Crippen molar-refractivity contribution < 1.29 is 9.59 Å². The van der Waals surface area contributed by atoms with Crippen LogP contribution in [0.5, 0.6) is 0 Å². The first-order valence-electron chi connectivity index (χ1n) is 4.83. The molecule has 1 rings (SSSR count). The van der Waals surface area contributed by atoms with Gasteiger partial charge in [-0.05, 0) is 6.92 Å². The molecule has 0 aliphatic carbocycles. The molecule has 2 amide bonds. The van der Waals surface area contributed by atoms with Gasteiger partial charge in [0, 0.05) is 5.41 Å². The van der Waals surface area contributed by atoms with E-state index >= 15 is 0 Å². The molecule has 0 saturated carbocycles. The number of rotatable bonds is 1. The van der Waals surface area contributed by atoms with E-state index in [4.69, 9.17) is 0 Å². The second-order valence-corrected chi connectivity index (χ2v) is 5.28. The van der Waals surface area contributed by atoms with Crippen LogP contribution in [0.15, 0.2) is 5.51 Å². The van der Waals surface area contributed by atoms with Gasteiger partial charge >= 0.3 is 0 Å². The maximum Gasteiger partial charge on any atom is 0.281 e. The van der Waals surface area contributed by atoms with E-state index in [1.165, 1.54) is 11.3 Å². The maximum atomic E-state index is 11.6. The van der Waals surface area contributed by atoms with Crippen LogP contribution in [0.1, 0.15) is 36.1 Å². The van der Waals surface area contributed by atoms with Crippen LogP contribution in [0.3, 0.4) is 0 Å². The molecule has 0 spiro atoms. The third kappa shape index (κ3) is 3.03. The fraction of sp³-hybridized carbons (Fsp3) is 0.500. The number of aromatic nitrogens is 1. The van der Waals surface area contributed by atoms with Crippen molar-refractivity contribution in [3.63, 3.8) is 0 Å². The Hall–Kier alpha value is -1.43. The zero-order valence-electron chi connectivity index (χ0n) is 9.75. The van der Waals surface area contributed by atoms with Gasteiger partial charge in [0.25, 0.3) is 5.91 Å². The predicted molar refractivity (Wildman–Crippen MR) is 61.9 cm³/mol. The van der Waals surface area contributed by atoms with Gasteiger partial charge in [0.05, 0.1) is 11.2 Å². The van der Waals surface area contributed by atoms with Gasteiger partial charge in [0.1, 0.15) is 4.88 Å². The van der Waals surface area contributed by atoms with Crippen molar-refractivity contribution >= 4 is 23.2 Å². The van der Waals surface area contributed by atoms with E-state index in [2.05, 4.69) is 15.8 Å². The maximum absolute atomic E-state index is 11.6. The Morgan fingerprint density at radius 2 is 1.94 bits per heavy atom. The number of nitrogens with one attached hydrogen (secondary N) is 2. The van der Waals surface area contributed by atoms with Crippen molar-refractivity contribution in [2.45, 2.75) is 27.7 Å². The first-order chi connectivity index (χ1) is 7.32. The lowest BCUT2D eigenvalue weighted by atomic mass is 9.96. The molecule has 88 valence electrons. The number of carbonyl (C=O) groups excluding carboxylic acids is 2. The summed E-state index contributed by atoms with van der Waals surface area (Å²) < 4.78 is 0. The molecule has 0 unspecified atom stereocenters. The van der Waals surface area contributed by atoms with Crippen LogP contribution in [0.25, 0.3) is 0 Å². The van der Waals surface area contributed by atoms with Crippen LogP contribution in [0, 0.1) is 12.3 Å². The fourth-order valence-electron chi connectivity index (χ4n) is 0.878. The van der Waals surface area contributed by atoms with Crippen LogP contribution >= 0.6 is 11.3 Å². The summed E-state index contributed by atoms with van der Waals surface area (Å²) in [6.45, 7) is 7.06. The minimum Gasteiger partial charge on any atom is -0.273 e. The van der Waals surface area contributed by atoms with Gasteiger partial charge in [-0.3, -0.25) is 20.4 Å². The van der Waals surface area contributed by atoms with Gasteiger partial charge in [-0.2, -0.15) is 0 Å². The number of amides is 2. The van der Waals surface area contributed by atoms with Crippen LogP contribution < -0.4 is 10.9 Å². The zero-order valence-corrected chi connectivity index (χ0v) is 10.6. The van der Waals surface area contributed by atoms with Crippen molar-refractivity contribution in [2.24, 2.45) is 5.41 Å². The van der Waals surface area contributed by atoms with Gasteiger partial charge in [-0.25, -0.2) is 4.98 Å². The number of hydrogen-bond donors (Lipinski definition) is 2. The molecule has 6 heteroatoms. The van der Waals surface area contributed by atoms with E-state index in [9.17, 15) is 9.59 Å². The van der Waals surface area contributed by atoms with Crippen molar-refractivity contribution in [3.8, 4) is 0 Å². The number of hydrazine groups is 1. The normalized spacial score (nSPS) is 11.0. The lowest BCUT2D eigenvalue weighted by Crippen LogP contribution is -2.46. The molecule has 0 aromatic carbocycles. The van der Waals surface area contributed by atoms with Crippen molar-refractivity contribution in [1.29, 1.82) is 0 Å². The van der Waals surface area contributed by atoms with Gasteiger partial charge in [-0.1, -0.05) is 20.8 Å². The second kappa shape index (κ2) is 4.61. The molecule has 16 heavy (non-hydrogen) atoms. The highest BCUT2D eigenvalue weighted by molar-refractivity contribution is 7.11. The van der Waals surface area contributed by atoms with E-state index in [0.29, 0.717) is 10.6 Å². The van der Waals surface area contributed by atoms with Gasteiger partial charge < -0.3 is 0 Å². The Balaban J connectivity index is 2.55. The number of aryl methyl sites for hydroxylation is 1. The van der Waals surface area contributed by atoms with Crippen molar-refractivity contribution in [1.82, 2.24) is 15.8 Å². The van der Waals surface area contributed by atoms with Crippen LogP contribution in [0.4, 0.5) is 0 Å². The monoisotopic (exact) mass is 241 g/mol. The van der Waals surface area contributed by atoms with Crippen LogP contribution in [-0.4, -0.2) is 16.8 Å². The fourth-order valence-corrected chi connectivity index (χ4v) is 1.58. The Morgan fingerprint density at radius 1 is 1.31 bits per heavy atom. The molecule has 0 aliphatic rings. The predicted octanol–water partition coefficient (Wildman–Crippen LogP) is 1.26. The van der Waals surface area contributed by atoms with Crippen molar-refractivity contribution in [2.75, 3.05) is 0 Å². The SMILES string of the molecule is Cc1ncsc1C(=O)NNC(=O)C(C)(C)C. The first-order valence-corrected chi connectivity index (χ1v) is 5.71. The van der Waals surface area contributed by atoms with E-state index in [1.807, 2.05) is 0 Å². The Bertz CT molecular complexity index is 406. The largest absolute Gasteiger partial charge is 0.281 e. The summed E-state index contributed by atoms with van der Waals surface area (Å²) in [5, 5.41) is 0. The van der Waals surface area contributed by atoms with Gasteiger partial charge in [0.2, 0.25) is 5.91 Å². The minimum absolute atomic E-state index is 0.233. The molecule has 0 radical (unpaired) electrons. The summed E-state index contributed by atoms with van der Waals surface area (Å²) in [4.78, 5) is 27.6. The lowest BCUT2D eigenvalue weighted by Gasteiger charge is -2.17. The quantitative estimate of drug-likeness (QED) is 0.727. The first kappa shape index (κ1) is 12.6. The smallest absolute Gasteiger partial charge is 0.273 e. The summed E-state index contributed by atoms with van der Waals surface area (Å²) in [6, 6.07) is 0. The topological polar surface area (TPSA) is 71.1 Å². The number of nitrogens with zero attached hydrogens (tertiary/aromatic N) is 1. The molecule has 0 fully saturated rings. The number of carbonyl (C=O) groups is 2. The molecule has 0 aliphatic heterocycles. The summed E-state index contributed by atoms with van der Waals surface area (Å²) in [7, 11) is 0. The van der Waals surface area contributed by atoms with Gasteiger partial charge in [0.15, 0.2) is 0 Å². The Morgan fingerprint density at radius 3 is 2.38 bits per heavy atom. The highest BCUT2D eigenvalue weighted by Gasteiger charge is 2.22. The van der Waals surface area contributed by atoms with Crippen molar-refractivity contribution in [3.05, 3.63) is 16.1 Å². The third-order valence-electron chi connectivity index (χ3n) is 1.92. The minimum atomic E-state index is -0.532. The average Bonchev–Trinajstić information content (AvgIpc) is 2.58. The van der Waals surface area contributed by atoms with Crippen LogP contribution in [-0.2, 0) is 4.79 Å². The van der Waals surface area contributed by atoms with Gasteiger partial charge in [-0.15, -0.1) is 11.3 Å². The number of thiazole rings is 1. The molecule has 0 saturated heterocycles. The molecule has 0 bridgehead atoms. The third-order valence-corrected chi connectivity index (χ3v) is 2.85. The Kier molecular flexibility index (Phi) is 3.64. The van der Waals surface area contributed by atoms with E-state index < -0.39 is 5.41 Å². The Labute approximate surface area is 98.2 Å². The second-order valence-electron chi connectivity index (χ2n) is 4.43. The molecule has 2 N–H and O–H groups in total. The zero-order chi connectivity index (χ0) is 12.3. The molecular weight excluding hydrogens is 226 g/mol.